The summed E-state index contributed by atoms with van der Waals surface area (Å²) in [6.07, 6.45) is 0. The third-order valence-electron chi connectivity index (χ3n) is 3.53. The number of hydrogen-bond donors (Lipinski definition) is 1. The van der Waals surface area contributed by atoms with Gasteiger partial charge in [-0.25, -0.2) is 0 Å². The van der Waals surface area contributed by atoms with E-state index in [0.29, 0.717) is 24.3 Å². The van der Waals surface area contributed by atoms with Crippen molar-refractivity contribution < 1.29 is 14.3 Å². The molecule has 2 aromatic rings. The van der Waals surface area contributed by atoms with Gasteiger partial charge in [0.05, 0.1) is 19.8 Å². The quantitative estimate of drug-likeness (QED) is 0.856. The van der Waals surface area contributed by atoms with E-state index in [-0.39, 0.29) is 12.0 Å². The highest BCUT2D eigenvalue weighted by Gasteiger charge is 2.38. The van der Waals surface area contributed by atoms with Gasteiger partial charge in [0, 0.05) is 16.7 Å². The molecule has 0 saturated carbocycles. The maximum Gasteiger partial charge on any atom is 0.276 e. The van der Waals surface area contributed by atoms with Crippen molar-refractivity contribution in [1.29, 1.82) is 0 Å². The van der Waals surface area contributed by atoms with Crippen LogP contribution in [0, 0.1) is 19.3 Å². The van der Waals surface area contributed by atoms with Crippen molar-refractivity contribution in [2.45, 2.75) is 19.1 Å². The summed E-state index contributed by atoms with van der Waals surface area (Å²) in [5, 5.41) is 18.1. The van der Waals surface area contributed by atoms with Crippen LogP contribution in [0.2, 0.25) is 0 Å². The summed E-state index contributed by atoms with van der Waals surface area (Å²) < 4.78 is 10.9. The predicted molar refractivity (Wildman–Crippen MR) is 80.3 cm³/mol. The molecule has 2 heterocycles. The van der Waals surface area contributed by atoms with Crippen LogP contribution in [-0.2, 0) is 4.74 Å². The second-order valence-electron chi connectivity index (χ2n) is 5.69. The van der Waals surface area contributed by atoms with E-state index in [9.17, 15) is 5.11 Å². The summed E-state index contributed by atoms with van der Waals surface area (Å²) in [5.74, 6) is 1.25. The zero-order valence-electron chi connectivity index (χ0n) is 12.1. The van der Waals surface area contributed by atoms with Gasteiger partial charge >= 0.3 is 0 Å². The van der Waals surface area contributed by atoms with E-state index in [1.807, 2.05) is 26.0 Å². The third-order valence-corrected chi connectivity index (χ3v) is 4.70. The largest absolute Gasteiger partial charge is 0.411 e. The van der Waals surface area contributed by atoms with Crippen LogP contribution >= 0.6 is 11.8 Å². The van der Waals surface area contributed by atoms with Gasteiger partial charge in [-0.15, -0.1) is 10.2 Å². The fraction of sp³-hybridized carbons (Fsp3) is 0.467. The van der Waals surface area contributed by atoms with E-state index in [2.05, 4.69) is 16.3 Å². The van der Waals surface area contributed by atoms with Gasteiger partial charge in [0.2, 0.25) is 5.89 Å². The minimum Gasteiger partial charge on any atom is -0.411 e. The molecular weight excluding hydrogens is 288 g/mol. The SMILES string of the molecule is Cc1cc(C)cc(-c2nnc(SCC3(CO)COC3)o2)c1. The van der Waals surface area contributed by atoms with Crippen molar-refractivity contribution in [3.63, 3.8) is 0 Å². The first kappa shape index (κ1) is 14.6. The molecule has 1 fully saturated rings. The average molecular weight is 306 g/mol. The summed E-state index contributed by atoms with van der Waals surface area (Å²) in [6.45, 7) is 5.40. The van der Waals surface area contributed by atoms with Crippen molar-refractivity contribution in [3.8, 4) is 11.5 Å². The number of benzene rings is 1. The highest BCUT2D eigenvalue weighted by molar-refractivity contribution is 7.99. The molecule has 0 bridgehead atoms. The lowest BCUT2D eigenvalue weighted by Crippen LogP contribution is -2.47. The van der Waals surface area contributed by atoms with Gasteiger partial charge in [-0.1, -0.05) is 29.0 Å². The van der Waals surface area contributed by atoms with Gasteiger partial charge in [-0.05, 0) is 26.0 Å². The van der Waals surface area contributed by atoms with E-state index in [1.54, 1.807) is 0 Å². The summed E-state index contributed by atoms with van der Waals surface area (Å²) in [7, 11) is 0. The van der Waals surface area contributed by atoms with Gasteiger partial charge < -0.3 is 14.3 Å². The number of aliphatic hydroxyl groups is 1. The molecule has 5 nitrogen and oxygen atoms in total. The summed E-state index contributed by atoms with van der Waals surface area (Å²) in [6, 6.07) is 6.17. The van der Waals surface area contributed by atoms with Crippen LogP contribution < -0.4 is 0 Å². The van der Waals surface area contributed by atoms with Gasteiger partial charge in [0.25, 0.3) is 5.22 Å². The normalized spacial score (nSPS) is 16.7. The summed E-state index contributed by atoms with van der Waals surface area (Å²) in [4.78, 5) is 0. The molecule has 1 aliphatic heterocycles. The highest BCUT2D eigenvalue weighted by atomic mass is 32.2. The second kappa shape index (κ2) is 5.79. The Bertz CT molecular complexity index is 612. The molecular formula is C15H18N2O3S. The van der Waals surface area contributed by atoms with Crippen molar-refractivity contribution in [2.75, 3.05) is 25.6 Å². The first-order valence-electron chi connectivity index (χ1n) is 6.84. The predicted octanol–water partition coefficient (Wildman–Crippen LogP) is 2.45. The molecule has 1 aliphatic rings. The van der Waals surface area contributed by atoms with E-state index in [1.165, 1.54) is 22.9 Å². The number of aliphatic hydroxyl groups excluding tert-OH is 1. The molecule has 21 heavy (non-hydrogen) atoms. The maximum atomic E-state index is 9.40. The molecule has 1 aromatic heterocycles. The Morgan fingerprint density at radius 1 is 1.19 bits per heavy atom. The van der Waals surface area contributed by atoms with Crippen LogP contribution in [0.25, 0.3) is 11.5 Å². The van der Waals surface area contributed by atoms with E-state index in [0.717, 1.165) is 11.3 Å². The fourth-order valence-electron chi connectivity index (χ4n) is 2.31. The van der Waals surface area contributed by atoms with Crippen LogP contribution in [0.3, 0.4) is 0 Å². The van der Waals surface area contributed by atoms with Gasteiger partial charge in [-0.2, -0.15) is 0 Å². The Balaban J connectivity index is 1.71. The monoisotopic (exact) mass is 306 g/mol. The topological polar surface area (TPSA) is 68.4 Å². The number of ether oxygens (including phenoxy) is 1. The molecule has 3 rings (SSSR count). The smallest absolute Gasteiger partial charge is 0.276 e. The van der Waals surface area contributed by atoms with Gasteiger partial charge in [0.1, 0.15) is 0 Å². The van der Waals surface area contributed by atoms with Crippen molar-refractivity contribution >= 4 is 11.8 Å². The van der Waals surface area contributed by atoms with E-state index >= 15 is 0 Å². The third kappa shape index (κ3) is 3.12. The Kier molecular flexibility index (Phi) is 4.01. The number of aromatic nitrogens is 2. The zero-order chi connectivity index (χ0) is 14.9. The Labute approximate surface area is 127 Å². The molecule has 0 aliphatic carbocycles. The highest BCUT2D eigenvalue weighted by Crippen LogP contribution is 2.34. The lowest BCUT2D eigenvalue weighted by Gasteiger charge is -2.39. The molecule has 1 N–H and O–H groups in total. The van der Waals surface area contributed by atoms with Crippen molar-refractivity contribution in [1.82, 2.24) is 10.2 Å². The molecule has 1 aromatic carbocycles. The zero-order valence-corrected chi connectivity index (χ0v) is 12.9. The minimum atomic E-state index is -0.154. The maximum absolute atomic E-state index is 9.40. The van der Waals surface area contributed by atoms with Gasteiger partial charge in [0.15, 0.2) is 0 Å². The molecule has 0 amide bonds. The summed E-state index contributed by atoms with van der Waals surface area (Å²) in [5.41, 5.74) is 3.13. The van der Waals surface area contributed by atoms with Crippen LogP contribution in [0.4, 0.5) is 0 Å². The number of thioether (sulfide) groups is 1. The summed E-state index contributed by atoms with van der Waals surface area (Å²) >= 11 is 1.47. The molecule has 0 radical (unpaired) electrons. The molecule has 0 spiro atoms. The Morgan fingerprint density at radius 2 is 1.90 bits per heavy atom. The van der Waals surface area contributed by atoms with Gasteiger partial charge in [-0.3, -0.25) is 0 Å². The first-order valence-corrected chi connectivity index (χ1v) is 7.82. The Hall–Kier alpha value is -1.37. The Morgan fingerprint density at radius 3 is 2.48 bits per heavy atom. The molecule has 0 atom stereocenters. The fourth-order valence-corrected chi connectivity index (χ4v) is 3.23. The van der Waals surface area contributed by atoms with Crippen LogP contribution in [0.15, 0.2) is 27.8 Å². The number of aryl methyl sites for hydroxylation is 2. The second-order valence-corrected chi connectivity index (χ2v) is 6.62. The van der Waals surface area contributed by atoms with E-state index < -0.39 is 0 Å². The van der Waals surface area contributed by atoms with Crippen molar-refractivity contribution in [2.24, 2.45) is 5.41 Å². The molecule has 6 heteroatoms. The molecule has 0 unspecified atom stereocenters. The first-order chi connectivity index (χ1) is 10.1. The van der Waals surface area contributed by atoms with Crippen molar-refractivity contribution in [3.05, 3.63) is 29.3 Å². The van der Waals surface area contributed by atoms with Crippen LogP contribution in [0.1, 0.15) is 11.1 Å². The minimum absolute atomic E-state index is 0.123. The van der Waals surface area contributed by atoms with E-state index in [4.69, 9.17) is 9.15 Å². The van der Waals surface area contributed by atoms with Crippen LogP contribution in [-0.4, -0.2) is 40.9 Å². The number of hydrogen-bond acceptors (Lipinski definition) is 6. The lowest BCUT2D eigenvalue weighted by molar-refractivity contribution is -0.121. The number of nitrogens with zero attached hydrogens (tertiary/aromatic N) is 2. The van der Waals surface area contributed by atoms with Crippen LogP contribution in [0.5, 0.6) is 0 Å². The lowest BCUT2D eigenvalue weighted by atomic mass is 9.90. The molecule has 112 valence electrons. The average Bonchev–Trinajstić information content (AvgIpc) is 2.86. The standard InChI is InChI=1S/C15H18N2O3S/c1-10-3-11(2)5-12(4-10)13-16-17-14(20-13)21-9-15(6-18)7-19-8-15/h3-5,18H,6-9H2,1-2H3. The number of rotatable bonds is 5. The molecule has 1 saturated heterocycles.